The Morgan fingerprint density at radius 3 is 2.74 bits per heavy atom. The van der Waals surface area contributed by atoms with E-state index in [4.69, 9.17) is 4.42 Å². The van der Waals surface area contributed by atoms with Crippen molar-refractivity contribution in [2.45, 2.75) is 26.8 Å². The van der Waals surface area contributed by atoms with Gasteiger partial charge in [-0.05, 0) is 32.9 Å². The SMILES string of the molecule is Cc1cc(C(=O)Nc2nnc(-c3ccnn3C)o2)nn1C(C)C. The molecular formula is C14H17N7O2. The van der Waals surface area contributed by atoms with Gasteiger partial charge < -0.3 is 4.42 Å². The van der Waals surface area contributed by atoms with Crippen molar-refractivity contribution in [3.63, 3.8) is 0 Å². The molecule has 3 heterocycles. The first-order valence-electron chi connectivity index (χ1n) is 7.15. The van der Waals surface area contributed by atoms with Crippen molar-refractivity contribution in [2.24, 2.45) is 7.05 Å². The molecule has 23 heavy (non-hydrogen) atoms. The molecule has 3 aromatic heterocycles. The third-order valence-electron chi connectivity index (χ3n) is 3.33. The lowest BCUT2D eigenvalue weighted by atomic mass is 10.3. The Bertz CT molecular complexity index is 843. The van der Waals surface area contributed by atoms with E-state index in [1.807, 2.05) is 20.8 Å². The minimum absolute atomic E-state index is 0.0166. The van der Waals surface area contributed by atoms with Crippen LogP contribution in [0.15, 0.2) is 22.7 Å². The normalized spacial score (nSPS) is 11.2. The van der Waals surface area contributed by atoms with Crippen molar-refractivity contribution in [1.82, 2.24) is 29.8 Å². The van der Waals surface area contributed by atoms with E-state index in [-0.39, 0.29) is 17.9 Å². The first kappa shape index (κ1) is 14.9. The molecule has 0 spiro atoms. The maximum absolute atomic E-state index is 12.2. The average Bonchev–Trinajstić information content (AvgIpc) is 3.18. The van der Waals surface area contributed by atoms with Crippen LogP contribution in [-0.4, -0.2) is 35.7 Å². The number of amides is 1. The molecule has 0 fully saturated rings. The summed E-state index contributed by atoms with van der Waals surface area (Å²) in [6.07, 6.45) is 1.62. The van der Waals surface area contributed by atoms with Gasteiger partial charge in [0.2, 0.25) is 0 Å². The summed E-state index contributed by atoms with van der Waals surface area (Å²) in [6, 6.07) is 3.65. The summed E-state index contributed by atoms with van der Waals surface area (Å²) in [4.78, 5) is 12.2. The summed E-state index contributed by atoms with van der Waals surface area (Å²) in [6.45, 7) is 5.90. The molecule has 9 nitrogen and oxygen atoms in total. The summed E-state index contributed by atoms with van der Waals surface area (Å²) < 4.78 is 8.82. The predicted octanol–water partition coefficient (Wildman–Crippen LogP) is 1.81. The summed E-state index contributed by atoms with van der Waals surface area (Å²) in [5, 5.41) is 18.6. The van der Waals surface area contributed by atoms with E-state index in [0.29, 0.717) is 11.4 Å². The minimum Gasteiger partial charge on any atom is -0.401 e. The Morgan fingerprint density at radius 2 is 2.13 bits per heavy atom. The van der Waals surface area contributed by atoms with E-state index in [1.165, 1.54) is 0 Å². The molecule has 0 unspecified atom stereocenters. The maximum atomic E-state index is 12.2. The van der Waals surface area contributed by atoms with Gasteiger partial charge >= 0.3 is 6.01 Å². The number of rotatable bonds is 4. The van der Waals surface area contributed by atoms with Crippen LogP contribution in [0.25, 0.3) is 11.6 Å². The number of nitrogens with zero attached hydrogens (tertiary/aromatic N) is 6. The van der Waals surface area contributed by atoms with Gasteiger partial charge in [-0.25, -0.2) is 0 Å². The fraction of sp³-hybridized carbons (Fsp3) is 0.357. The minimum atomic E-state index is -0.396. The molecule has 0 aliphatic rings. The van der Waals surface area contributed by atoms with Crippen LogP contribution in [0.1, 0.15) is 36.1 Å². The molecule has 0 radical (unpaired) electrons. The molecule has 9 heteroatoms. The number of anilines is 1. The molecule has 0 atom stereocenters. The summed E-state index contributed by atoms with van der Waals surface area (Å²) in [5.74, 6) is -0.114. The lowest BCUT2D eigenvalue weighted by Crippen LogP contribution is -2.14. The Balaban J connectivity index is 1.77. The first-order chi connectivity index (χ1) is 11.0. The van der Waals surface area contributed by atoms with Gasteiger partial charge in [0.25, 0.3) is 11.8 Å². The van der Waals surface area contributed by atoms with Crippen molar-refractivity contribution in [3.8, 4) is 11.6 Å². The van der Waals surface area contributed by atoms with Crippen molar-refractivity contribution >= 4 is 11.9 Å². The van der Waals surface area contributed by atoms with Crippen LogP contribution in [-0.2, 0) is 7.05 Å². The van der Waals surface area contributed by atoms with E-state index < -0.39 is 5.91 Å². The van der Waals surface area contributed by atoms with Crippen LogP contribution < -0.4 is 5.32 Å². The maximum Gasteiger partial charge on any atom is 0.322 e. The Hall–Kier alpha value is -2.97. The standard InChI is InChI=1S/C14H17N7O2/c1-8(2)21-9(3)7-10(19-21)12(22)16-14-18-17-13(23-14)11-5-6-15-20(11)4/h5-8H,1-4H3,(H,16,18,22). The highest BCUT2D eigenvalue weighted by Gasteiger charge is 2.18. The van der Waals surface area contributed by atoms with Crippen LogP contribution in [0.3, 0.4) is 0 Å². The fourth-order valence-electron chi connectivity index (χ4n) is 2.24. The molecule has 120 valence electrons. The van der Waals surface area contributed by atoms with Crippen LogP contribution >= 0.6 is 0 Å². The van der Waals surface area contributed by atoms with E-state index in [1.54, 1.807) is 34.7 Å². The lowest BCUT2D eigenvalue weighted by molar-refractivity contribution is 0.101. The zero-order valence-corrected chi connectivity index (χ0v) is 13.3. The molecule has 3 aromatic rings. The molecule has 0 aliphatic heterocycles. The summed E-state index contributed by atoms with van der Waals surface area (Å²) in [5.41, 5.74) is 1.88. The van der Waals surface area contributed by atoms with Crippen molar-refractivity contribution in [3.05, 3.63) is 29.7 Å². The van der Waals surface area contributed by atoms with E-state index >= 15 is 0 Å². The van der Waals surface area contributed by atoms with E-state index in [2.05, 4.69) is 25.7 Å². The van der Waals surface area contributed by atoms with Gasteiger partial charge in [0, 0.05) is 25.0 Å². The van der Waals surface area contributed by atoms with Gasteiger partial charge in [-0.3, -0.25) is 19.5 Å². The number of hydrogen-bond donors (Lipinski definition) is 1. The van der Waals surface area contributed by atoms with Gasteiger partial charge in [-0.2, -0.15) is 10.2 Å². The van der Waals surface area contributed by atoms with E-state index in [9.17, 15) is 4.79 Å². The van der Waals surface area contributed by atoms with Gasteiger partial charge in [-0.15, -0.1) is 5.10 Å². The number of nitrogens with one attached hydrogen (secondary N) is 1. The predicted molar refractivity (Wildman–Crippen MR) is 81.8 cm³/mol. The molecule has 1 N–H and O–H groups in total. The average molecular weight is 315 g/mol. The third kappa shape index (κ3) is 2.85. The van der Waals surface area contributed by atoms with Gasteiger partial charge in [0.05, 0.1) is 0 Å². The van der Waals surface area contributed by atoms with Gasteiger partial charge in [0.15, 0.2) is 5.69 Å². The molecule has 1 amide bonds. The lowest BCUT2D eigenvalue weighted by Gasteiger charge is -2.06. The Morgan fingerprint density at radius 1 is 1.35 bits per heavy atom. The van der Waals surface area contributed by atoms with E-state index in [0.717, 1.165) is 5.69 Å². The second-order valence-corrected chi connectivity index (χ2v) is 5.42. The Labute approximate surface area is 132 Å². The number of aromatic nitrogens is 6. The molecule has 0 aliphatic carbocycles. The van der Waals surface area contributed by atoms with Gasteiger partial charge in [0.1, 0.15) is 5.69 Å². The highest BCUT2D eigenvalue weighted by Crippen LogP contribution is 2.19. The number of aryl methyl sites for hydroxylation is 2. The van der Waals surface area contributed by atoms with Crippen molar-refractivity contribution in [2.75, 3.05) is 5.32 Å². The zero-order valence-electron chi connectivity index (χ0n) is 13.3. The van der Waals surface area contributed by atoms with Crippen LogP contribution in [0.2, 0.25) is 0 Å². The smallest absolute Gasteiger partial charge is 0.322 e. The topological polar surface area (TPSA) is 104 Å². The molecule has 0 saturated carbocycles. The number of carbonyl (C=O) groups excluding carboxylic acids is 1. The second kappa shape index (κ2) is 5.67. The van der Waals surface area contributed by atoms with Crippen molar-refractivity contribution in [1.29, 1.82) is 0 Å². The van der Waals surface area contributed by atoms with Crippen LogP contribution in [0.5, 0.6) is 0 Å². The third-order valence-corrected chi connectivity index (χ3v) is 3.33. The molecule has 0 aromatic carbocycles. The Kier molecular flexibility index (Phi) is 3.68. The summed E-state index contributed by atoms with van der Waals surface area (Å²) >= 11 is 0. The molecule has 3 rings (SSSR count). The van der Waals surface area contributed by atoms with Gasteiger partial charge in [-0.1, -0.05) is 5.10 Å². The molecule has 0 bridgehead atoms. The first-order valence-corrected chi connectivity index (χ1v) is 7.15. The zero-order chi connectivity index (χ0) is 16.6. The van der Waals surface area contributed by atoms with Crippen LogP contribution in [0, 0.1) is 6.92 Å². The highest BCUT2D eigenvalue weighted by molar-refractivity contribution is 6.01. The fourth-order valence-corrected chi connectivity index (χ4v) is 2.24. The van der Waals surface area contributed by atoms with Crippen LogP contribution in [0.4, 0.5) is 6.01 Å². The number of carbonyl (C=O) groups is 1. The highest BCUT2D eigenvalue weighted by atomic mass is 16.4. The second-order valence-electron chi connectivity index (χ2n) is 5.42. The largest absolute Gasteiger partial charge is 0.401 e. The quantitative estimate of drug-likeness (QED) is 0.787. The summed E-state index contributed by atoms with van der Waals surface area (Å²) in [7, 11) is 1.76. The number of hydrogen-bond acceptors (Lipinski definition) is 6. The van der Waals surface area contributed by atoms with Crippen molar-refractivity contribution < 1.29 is 9.21 Å². The molecular weight excluding hydrogens is 298 g/mol. The monoisotopic (exact) mass is 315 g/mol. The molecule has 0 saturated heterocycles.